The van der Waals surface area contributed by atoms with Gasteiger partial charge in [0.2, 0.25) is 0 Å². The molecule has 1 atom stereocenters. The molecule has 1 saturated heterocycles. The van der Waals surface area contributed by atoms with Crippen LogP contribution in [0.1, 0.15) is 31.5 Å². The number of carbonyl (C=O) groups is 1. The average Bonchev–Trinajstić information content (AvgIpc) is 2.70. The second-order valence-corrected chi connectivity index (χ2v) is 6.94. The molecule has 2 heterocycles. The fourth-order valence-corrected chi connectivity index (χ4v) is 4.19. The van der Waals surface area contributed by atoms with E-state index in [2.05, 4.69) is 4.98 Å². The molecular weight excluding hydrogens is 282 g/mol. The second kappa shape index (κ2) is 5.53. The highest BCUT2D eigenvalue weighted by Gasteiger charge is 2.36. The van der Waals surface area contributed by atoms with Crippen LogP contribution in [0.4, 0.5) is 0 Å². The van der Waals surface area contributed by atoms with Crippen molar-refractivity contribution in [2.24, 2.45) is 7.05 Å². The van der Waals surface area contributed by atoms with E-state index in [9.17, 15) is 13.2 Å². The molecule has 1 unspecified atom stereocenters. The number of carboxylic acid groups (broad SMARTS) is 1. The van der Waals surface area contributed by atoms with E-state index in [0.29, 0.717) is 18.8 Å². The molecule has 1 fully saturated rings. The van der Waals surface area contributed by atoms with Gasteiger partial charge in [0.15, 0.2) is 5.03 Å². The maximum absolute atomic E-state index is 12.6. The molecule has 2 rings (SSSR count). The van der Waals surface area contributed by atoms with Crippen molar-refractivity contribution in [2.75, 3.05) is 6.54 Å². The smallest absolute Gasteiger partial charge is 0.304 e. The van der Waals surface area contributed by atoms with Crippen LogP contribution in [0.15, 0.2) is 11.2 Å². The summed E-state index contributed by atoms with van der Waals surface area (Å²) in [6.45, 7) is 2.08. The Balaban J connectivity index is 2.32. The molecule has 0 bridgehead atoms. The van der Waals surface area contributed by atoms with Crippen molar-refractivity contribution in [2.45, 2.75) is 43.7 Å². The van der Waals surface area contributed by atoms with Crippen molar-refractivity contribution in [1.29, 1.82) is 0 Å². The Labute approximate surface area is 118 Å². The molecule has 8 heteroatoms. The van der Waals surface area contributed by atoms with Crippen LogP contribution in [-0.2, 0) is 21.9 Å². The number of carboxylic acids is 1. The fraction of sp³-hybridized carbons (Fsp3) is 0.667. The number of aromatic nitrogens is 2. The zero-order valence-electron chi connectivity index (χ0n) is 11.6. The number of imidazole rings is 1. The van der Waals surface area contributed by atoms with Crippen molar-refractivity contribution >= 4 is 16.0 Å². The number of sulfonamides is 1. The molecule has 0 aliphatic carbocycles. The van der Waals surface area contributed by atoms with Crippen molar-refractivity contribution in [3.63, 3.8) is 0 Å². The minimum atomic E-state index is -3.72. The van der Waals surface area contributed by atoms with Crippen molar-refractivity contribution in [3.8, 4) is 0 Å². The van der Waals surface area contributed by atoms with Crippen LogP contribution < -0.4 is 0 Å². The van der Waals surface area contributed by atoms with Crippen molar-refractivity contribution in [1.82, 2.24) is 13.9 Å². The third-order valence-corrected chi connectivity index (χ3v) is 5.47. The number of hydrogen-bond acceptors (Lipinski definition) is 4. The third kappa shape index (κ3) is 2.85. The Morgan fingerprint density at radius 1 is 1.50 bits per heavy atom. The van der Waals surface area contributed by atoms with Crippen molar-refractivity contribution < 1.29 is 18.3 Å². The summed E-state index contributed by atoms with van der Waals surface area (Å²) in [6.07, 6.45) is 3.49. The molecule has 20 heavy (non-hydrogen) atoms. The van der Waals surface area contributed by atoms with Crippen LogP contribution in [0, 0.1) is 6.92 Å². The Kier molecular flexibility index (Phi) is 4.14. The van der Waals surface area contributed by atoms with E-state index in [4.69, 9.17) is 5.11 Å². The Morgan fingerprint density at radius 3 is 2.75 bits per heavy atom. The number of aryl methyl sites for hydroxylation is 2. The lowest BCUT2D eigenvalue weighted by atomic mass is 10.0. The number of piperidine rings is 1. The summed E-state index contributed by atoms with van der Waals surface area (Å²) in [5, 5.41) is 8.92. The maximum atomic E-state index is 12.6. The first-order valence-corrected chi connectivity index (χ1v) is 8.00. The molecule has 1 aromatic heterocycles. The van der Waals surface area contributed by atoms with E-state index in [-0.39, 0.29) is 11.4 Å². The maximum Gasteiger partial charge on any atom is 0.304 e. The van der Waals surface area contributed by atoms with E-state index in [0.717, 1.165) is 12.8 Å². The molecule has 0 saturated carbocycles. The molecule has 1 aliphatic rings. The summed E-state index contributed by atoms with van der Waals surface area (Å²) in [5.74, 6) is -0.371. The molecule has 0 radical (unpaired) electrons. The SMILES string of the molecule is Cc1nc(S(=O)(=O)N2CCCCC2CC(=O)O)cn1C. The van der Waals surface area contributed by atoms with Gasteiger partial charge in [-0.05, 0) is 19.8 Å². The van der Waals surface area contributed by atoms with Crippen LogP contribution in [0.5, 0.6) is 0 Å². The monoisotopic (exact) mass is 301 g/mol. The summed E-state index contributed by atoms with van der Waals surface area (Å²) in [5.41, 5.74) is 0. The van der Waals surface area contributed by atoms with Crippen LogP contribution in [-0.4, -0.2) is 45.9 Å². The van der Waals surface area contributed by atoms with Crippen molar-refractivity contribution in [3.05, 3.63) is 12.0 Å². The fourth-order valence-electron chi connectivity index (χ4n) is 2.47. The van der Waals surface area contributed by atoms with E-state index < -0.39 is 22.0 Å². The molecule has 7 nitrogen and oxygen atoms in total. The standard InChI is InChI=1S/C12H19N3O4S/c1-9-13-11(8-14(9)2)20(18,19)15-6-4-3-5-10(15)7-12(16)17/h8,10H,3-7H2,1-2H3,(H,16,17). The molecule has 112 valence electrons. The van der Waals surface area contributed by atoms with Gasteiger partial charge >= 0.3 is 5.97 Å². The van der Waals surface area contributed by atoms with Gasteiger partial charge in [0.1, 0.15) is 5.82 Å². The van der Waals surface area contributed by atoms with Crippen LogP contribution in [0.2, 0.25) is 0 Å². The number of hydrogen-bond donors (Lipinski definition) is 1. The third-order valence-electron chi connectivity index (χ3n) is 3.64. The summed E-state index contributed by atoms with van der Waals surface area (Å²) in [4.78, 5) is 15.0. The van der Waals surface area contributed by atoms with Crippen LogP contribution >= 0.6 is 0 Å². The molecule has 1 N–H and O–H groups in total. The molecule has 0 spiro atoms. The van der Waals surface area contributed by atoms with E-state index in [1.165, 1.54) is 10.5 Å². The number of rotatable bonds is 4. The molecule has 1 aromatic rings. The minimum absolute atomic E-state index is 0.00483. The van der Waals surface area contributed by atoms with Gasteiger partial charge in [-0.2, -0.15) is 4.31 Å². The zero-order chi connectivity index (χ0) is 14.9. The quantitative estimate of drug-likeness (QED) is 0.885. The largest absolute Gasteiger partial charge is 0.481 e. The Bertz CT molecular complexity index is 589. The molecular formula is C12H19N3O4S. The van der Waals surface area contributed by atoms with E-state index in [1.807, 2.05) is 0 Å². The van der Waals surface area contributed by atoms with E-state index in [1.54, 1.807) is 18.5 Å². The normalized spacial score (nSPS) is 21.0. The predicted molar refractivity (Wildman–Crippen MR) is 71.7 cm³/mol. The average molecular weight is 301 g/mol. The van der Waals surface area contributed by atoms with E-state index >= 15 is 0 Å². The van der Waals surface area contributed by atoms with Gasteiger partial charge < -0.3 is 9.67 Å². The summed E-state index contributed by atoms with van der Waals surface area (Å²) < 4.78 is 28.1. The van der Waals surface area contributed by atoms with Gasteiger partial charge in [0, 0.05) is 25.8 Å². The number of aliphatic carboxylic acids is 1. The lowest BCUT2D eigenvalue weighted by Gasteiger charge is -2.33. The molecule has 0 amide bonds. The molecule has 0 aromatic carbocycles. The lowest BCUT2D eigenvalue weighted by Crippen LogP contribution is -2.44. The van der Waals surface area contributed by atoms with Gasteiger partial charge in [0.05, 0.1) is 6.42 Å². The molecule has 1 aliphatic heterocycles. The van der Waals surface area contributed by atoms with Gasteiger partial charge in [-0.1, -0.05) is 6.42 Å². The number of nitrogens with zero attached hydrogens (tertiary/aromatic N) is 3. The zero-order valence-corrected chi connectivity index (χ0v) is 12.4. The predicted octanol–water partition coefficient (Wildman–Crippen LogP) is 0.746. The summed E-state index contributed by atoms with van der Waals surface area (Å²) >= 11 is 0. The highest BCUT2D eigenvalue weighted by atomic mass is 32.2. The lowest BCUT2D eigenvalue weighted by molar-refractivity contribution is -0.138. The summed E-state index contributed by atoms with van der Waals surface area (Å²) in [7, 11) is -1.99. The Morgan fingerprint density at radius 2 is 2.20 bits per heavy atom. The summed E-state index contributed by atoms with van der Waals surface area (Å²) in [6, 6.07) is -0.478. The van der Waals surface area contributed by atoms with Crippen LogP contribution in [0.25, 0.3) is 0 Å². The van der Waals surface area contributed by atoms with Gasteiger partial charge in [0.25, 0.3) is 10.0 Å². The first-order chi connectivity index (χ1) is 9.32. The first kappa shape index (κ1) is 15.0. The topological polar surface area (TPSA) is 92.5 Å². The first-order valence-electron chi connectivity index (χ1n) is 6.56. The van der Waals surface area contributed by atoms with Gasteiger partial charge in [-0.15, -0.1) is 0 Å². The minimum Gasteiger partial charge on any atom is -0.481 e. The highest BCUT2D eigenvalue weighted by Crippen LogP contribution is 2.26. The highest BCUT2D eigenvalue weighted by molar-refractivity contribution is 7.89. The second-order valence-electron chi connectivity index (χ2n) is 5.10. The van der Waals surface area contributed by atoms with Gasteiger partial charge in [-0.25, -0.2) is 13.4 Å². The Hall–Kier alpha value is -1.41. The van der Waals surface area contributed by atoms with Gasteiger partial charge in [-0.3, -0.25) is 4.79 Å². The van der Waals surface area contributed by atoms with Crippen LogP contribution in [0.3, 0.4) is 0 Å².